The molecule has 0 spiro atoms. The van der Waals surface area contributed by atoms with Crippen LogP contribution in [0.3, 0.4) is 0 Å². The van der Waals surface area contributed by atoms with Crippen molar-refractivity contribution in [1.29, 1.82) is 0 Å². The number of nitrogens with zero attached hydrogens (tertiary/aromatic N) is 1. The molecule has 3 rings (SSSR count). The van der Waals surface area contributed by atoms with Crippen LogP contribution in [-0.2, 0) is 4.79 Å². The lowest BCUT2D eigenvalue weighted by molar-refractivity contribution is -0.127. The first-order chi connectivity index (χ1) is 9.16. The highest BCUT2D eigenvalue weighted by Crippen LogP contribution is 2.30. The summed E-state index contributed by atoms with van der Waals surface area (Å²) in [6.45, 7) is 4.55. The molecular weight excluding hydrogens is 238 g/mol. The Labute approximate surface area is 116 Å². The second kappa shape index (κ2) is 5.41. The standard InChI is InChI=1S/C15H27N3O/c1-10-4-2-5-11(14(10)16)15(19)17-12-7-9-18-8-3-6-13(12)18/h10-14H,2-9,16H2,1H3,(H,17,19). The number of carbonyl (C=O) groups is 1. The van der Waals surface area contributed by atoms with Crippen molar-refractivity contribution in [3.05, 3.63) is 0 Å². The Balaban J connectivity index is 1.58. The molecule has 0 aromatic heterocycles. The number of nitrogens with one attached hydrogen (secondary N) is 1. The molecule has 0 aromatic rings. The molecule has 3 N–H and O–H groups in total. The van der Waals surface area contributed by atoms with Crippen molar-refractivity contribution in [2.24, 2.45) is 17.6 Å². The molecule has 2 heterocycles. The average molecular weight is 265 g/mol. The lowest BCUT2D eigenvalue weighted by Crippen LogP contribution is -2.51. The zero-order valence-corrected chi connectivity index (χ0v) is 12.0. The van der Waals surface area contributed by atoms with Crippen molar-refractivity contribution < 1.29 is 4.79 Å². The van der Waals surface area contributed by atoms with Crippen LogP contribution in [0.25, 0.3) is 0 Å². The maximum absolute atomic E-state index is 12.5. The van der Waals surface area contributed by atoms with Gasteiger partial charge < -0.3 is 11.1 Å². The van der Waals surface area contributed by atoms with E-state index in [1.807, 2.05) is 0 Å². The molecule has 1 aliphatic carbocycles. The zero-order chi connectivity index (χ0) is 13.4. The van der Waals surface area contributed by atoms with Crippen LogP contribution in [0.5, 0.6) is 0 Å². The Bertz CT molecular complexity index is 346. The summed E-state index contributed by atoms with van der Waals surface area (Å²) < 4.78 is 0. The Morgan fingerprint density at radius 1 is 1.16 bits per heavy atom. The first-order valence-electron chi connectivity index (χ1n) is 7.97. The zero-order valence-electron chi connectivity index (χ0n) is 12.0. The van der Waals surface area contributed by atoms with E-state index in [2.05, 4.69) is 17.1 Å². The van der Waals surface area contributed by atoms with E-state index in [1.54, 1.807) is 0 Å². The molecule has 5 unspecified atom stereocenters. The molecular formula is C15H27N3O. The minimum absolute atomic E-state index is 0.0409. The van der Waals surface area contributed by atoms with Crippen LogP contribution in [0.4, 0.5) is 0 Å². The fraction of sp³-hybridized carbons (Fsp3) is 0.933. The molecule has 3 fully saturated rings. The molecule has 108 valence electrons. The summed E-state index contributed by atoms with van der Waals surface area (Å²) in [5.74, 6) is 0.744. The van der Waals surface area contributed by atoms with Gasteiger partial charge in [0.2, 0.25) is 5.91 Å². The Morgan fingerprint density at radius 3 is 2.84 bits per heavy atom. The van der Waals surface area contributed by atoms with E-state index in [0.717, 1.165) is 25.8 Å². The first-order valence-corrected chi connectivity index (χ1v) is 7.97. The number of hydrogen-bond donors (Lipinski definition) is 2. The van der Waals surface area contributed by atoms with Crippen molar-refractivity contribution >= 4 is 5.91 Å². The van der Waals surface area contributed by atoms with Gasteiger partial charge >= 0.3 is 0 Å². The molecule has 19 heavy (non-hydrogen) atoms. The molecule has 1 amide bonds. The van der Waals surface area contributed by atoms with Gasteiger partial charge in [-0.3, -0.25) is 9.69 Å². The maximum atomic E-state index is 12.5. The van der Waals surface area contributed by atoms with Crippen molar-refractivity contribution in [2.45, 2.75) is 63.6 Å². The number of rotatable bonds is 2. The van der Waals surface area contributed by atoms with E-state index in [9.17, 15) is 4.79 Å². The lowest BCUT2D eigenvalue weighted by Gasteiger charge is -2.34. The minimum atomic E-state index is 0.0409. The molecule has 1 saturated carbocycles. The summed E-state index contributed by atoms with van der Waals surface area (Å²) in [7, 11) is 0. The molecule has 0 aromatic carbocycles. The number of nitrogens with two attached hydrogens (primary N) is 1. The number of hydrogen-bond acceptors (Lipinski definition) is 3. The quantitative estimate of drug-likeness (QED) is 0.786. The summed E-state index contributed by atoms with van der Waals surface area (Å²) in [4.78, 5) is 15.0. The van der Waals surface area contributed by atoms with Crippen LogP contribution in [0.2, 0.25) is 0 Å². The van der Waals surface area contributed by atoms with Crippen LogP contribution in [-0.4, -0.2) is 42.0 Å². The summed E-state index contributed by atoms with van der Waals surface area (Å²) in [5.41, 5.74) is 6.23. The van der Waals surface area contributed by atoms with Crippen LogP contribution >= 0.6 is 0 Å². The van der Waals surface area contributed by atoms with E-state index < -0.39 is 0 Å². The number of amides is 1. The normalized spacial score (nSPS) is 43.2. The van der Waals surface area contributed by atoms with Gasteiger partial charge in [0.15, 0.2) is 0 Å². The maximum Gasteiger partial charge on any atom is 0.224 e. The third-order valence-electron chi connectivity index (χ3n) is 5.57. The van der Waals surface area contributed by atoms with Gasteiger partial charge in [-0.15, -0.1) is 0 Å². The SMILES string of the molecule is CC1CCCC(C(=O)NC2CCN3CCCC23)C1N. The summed E-state index contributed by atoms with van der Waals surface area (Å²) in [6.07, 6.45) is 6.94. The van der Waals surface area contributed by atoms with Crippen molar-refractivity contribution in [2.75, 3.05) is 13.1 Å². The van der Waals surface area contributed by atoms with Gasteiger partial charge in [0.1, 0.15) is 0 Å². The van der Waals surface area contributed by atoms with E-state index >= 15 is 0 Å². The predicted octanol–water partition coefficient (Wildman–Crippen LogP) is 1.10. The first kappa shape index (κ1) is 13.4. The highest BCUT2D eigenvalue weighted by molar-refractivity contribution is 5.80. The van der Waals surface area contributed by atoms with Gasteiger partial charge in [-0.25, -0.2) is 0 Å². The highest BCUT2D eigenvalue weighted by Gasteiger charge is 2.40. The third kappa shape index (κ3) is 2.52. The summed E-state index contributed by atoms with van der Waals surface area (Å²) in [5, 5.41) is 3.31. The van der Waals surface area contributed by atoms with E-state index in [0.29, 0.717) is 18.0 Å². The predicted molar refractivity (Wildman–Crippen MR) is 75.6 cm³/mol. The van der Waals surface area contributed by atoms with Gasteiger partial charge in [-0.1, -0.05) is 13.3 Å². The second-order valence-corrected chi connectivity index (χ2v) is 6.74. The van der Waals surface area contributed by atoms with Crippen molar-refractivity contribution in [3.63, 3.8) is 0 Å². The van der Waals surface area contributed by atoms with Gasteiger partial charge in [0.05, 0.1) is 5.92 Å². The smallest absolute Gasteiger partial charge is 0.224 e. The largest absolute Gasteiger partial charge is 0.351 e. The highest BCUT2D eigenvalue weighted by atomic mass is 16.2. The molecule has 4 nitrogen and oxygen atoms in total. The van der Waals surface area contributed by atoms with Crippen LogP contribution < -0.4 is 11.1 Å². The Kier molecular flexibility index (Phi) is 3.81. The van der Waals surface area contributed by atoms with Gasteiger partial charge in [0, 0.05) is 24.7 Å². The molecule has 4 heteroatoms. The monoisotopic (exact) mass is 265 g/mol. The Morgan fingerprint density at radius 2 is 2.00 bits per heavy atom. The second-order valence-electron chi connectivity index (χ2n) is 6.74. The van der Waals surface area contributed by atoms with Crippen LogP contribution in [0.15, 0.2) is 0 Å². The minimum Gasteiger partial charge on any atom is -0.351 e. The lowest BCUT2D eigenvalue weighted by atomic mass is 9.77. The fourth-order valence-corrected chi connectivity index (χ4v) is 4.29. The van der Waals surface area contributed by atoms with Crippen molar-refractivity contribution in [3.8, 4) is 0 Å². The molecule has 2 saturated heterocycles. The van der Waals surface area contributed by atoms with Gasteiger partial charge in [0.25, 0.3) is 0 Å². The van der Waals surface area contributed by atoms with Crippen LogP contribution in [0.1, 0.15) is 45.4 Å². The molecule has 2 aliphatic heterocycles. The summed E-state index contributed by atoms with van der Waals surface area (Å²) >= 11 is 0. The molecule has 0 bridgehead atoms. The molecule has 0 radical (unpaired) electrons. The van der Waals surface area contributed by atoms with E-state index in [1.165, 1.54) is 25.8 Å². The fourth-order valence-electron chi connectivity index (χ4n) is 4.29. The van der Waals surface area contributed by atoms with E-state index in [-0.39, 0.29) is 17.9 Å². The topological polar surface area (TPSA) is 58.4 Å². The Hall–Kier alpha value is -0.610. The molecule has 5 atom stereocenters. The average Bonchev–Trinajstić information content (AvgIpc) is 2.97. The number of carbonyl (C=O) groups excluding carboxylic acids is 1. The summed E-state index contributed by atoms with van der Waals surface area (Å²) in [6, 6.07) is 1.02. The van der Waals surface area contributed by atoms with Gasteiger partial charge in [-0.05, 0) is 44.6 Å². The van der Waals surface area contributed by atoms with Crippen LogP contribution in [0, 0.1) is 11.8 Å². The third-order valence-corrected chi connectivity index (χ3v) is 5.57. The molecule has 3 aliphatic rings. The van der Waals surface area contributed by atoms with Crippen molar-refractivity contribution in [1.82, 2.24) is 10.2 Å². The number of fused-ring (bicyclic) bond motifs is 1. The van der Waals surface area contributed by atoms with Gasteiger partial charge in [-0.2, -0.15) is 0 Å². The van der Waals surface area contributed by atoms with E-state index in [4.69, 9.17) is 5.73 Å².